The average molecular weight is 405 g/mol. The summed E-state index contributed by atoms with van der Waals surface area (Å²) in [6.07, 6.45) is 1.50. The molecule has 2 aromatic heterocycles. The standard InChI is InChI=1S/C22H20FN5O2/c1-15-11-21(16(2)27(15)12-17-3-5-18(23)6-4-17)22(29)13-30-20-9-7-19(8-10-20)28-14-24-25-26-28/h3-11,14H,12-13H2,1-2H3. The smallest absolute Gasteiger partial charge is 0.202 e. The number of hydrogen-bond donors (Lipinski definition) is 0. The second-order valence-corrected chi connectivity index (χ2v) is 6.96. The predicted molar refractivity (Wildman–Crippen MR) is 108 cm³/mol. The van der Waals surface area contributed by atoms with E-state index in [4.69, 9.17) is 4.74 Å². The van der Waals surface area contributed by atoms with Crippen molar-refractivity contribution in [2.75, 3.05) is 6.61 Å². The van der Waals surface area contributed by atoms with Crippen molar-refractivity contribution in [3.8, 4) is 11.4 Å². The molecular formula is C22H20FN5O2. The van der Waals surface area contributed by atoms with Crippen LogP contribution in [0.25, 0.3) is 5.69 Å². The van der Waals surface area contributed by atoms with Crippen LogP contribution < -0.4 is 4.74 Å². The maximum Gasteiger partial charge on any atom is 0.202 e. The zero-order valence-corrected chi connectivity index (χ0v) is 16.6. The van der Waals surface area contributed by atoms with Crippen molar-refractivity contribution < 1.29 is 13.9 Å². The Labute approximate surface area is 172 Å². The van der Waals surface area contributed by atoms with Gasteiger partial charge in [0.1, 0.15) is 17.9 Å². The summed E-state index contributed by atoms with van der Waals surface area (Å²) in [4.78, 5) is 12.7. The van der Waals surface area contributed by atoms with E-state index in [0.717, 1.165) is 22.6 Å². The zero-order valence-electron chi connectivity index (χ0n) is 16.6. The van der Waals surface area contributed by atoms with Gasteiger partial charge in [-0.2, -0.15) is 0 Å². The van der Waals surface area contributed by atoms with Crippen LogP contribution in [0.5, 0.6) is 5.75 Å². The van der Waals surface area contributed by atoms with Crippen LogP contribution in [0, 0.1) is 19.7 Å². The third kappa shape index (κ3) is 4.12. The van der Waals surface area contributed by atoms with Gasteiger partial charge in [-0.05, 0) is 72.3 Å². The Balaban J connectivity index is 1.43. The highest BCUT2D eigenvalue weighted by Crippen LogP contribution is 2.19. The van der Waals surface area contributed by atoms with Gasteiger partial charge in [0, 0.05) is 23.5 Å². The van der Waals surface area contributed by atoms with Crippen molar-refractivity contribution in [3.63, 3.8) is 0 Å². The van der Waals surface area contributed by atoms with Crippen LogP contribution in [0.2, 0.25) is 0 Å². The largest absolute Gasteiger partial charge is 0.485 e. The van der Waals surface area contributed by atoms with Gasteiger partial charge in [0.25, 0.3) is 0 Å². The minimum Gasteiger partial charge on any atom is -0.485 e. The first kappa shape index (κ1) is 19.5. The summed E-state index contributed by atoms with van der Waals surface area (Å²) in [5.41, 5.74) is 4.21. The number of hydrogen-bond acceptors (Lipinski definition) is 5. The minimum absolute atomic E-state index is 0.0644. The number of nitrogens with zero attached hydrogens (tertiary/aromatic N) is 5. The molecule has 2 aromatic carbocycles. The molecule has 0 aliphatic heterocycles. The lowest BCUT2D eigenvalue weighted by atomic mass is 10.1. The van der Waals surface area contributed by atoms with Crippen LogP contribution in [-0.2, 0) is 6.54 Å². The molecule has 4 aromatic rings. The van der Waals surface area contributed by atoms with Gasteiger partial charge >= 0.3 is 0 Å². The molecular weight excluding hydrogens is 385 g/mol. The molecule has 0 fully saturated rings. The topological polar surface area (TPSA) is 74.8 Å². The Morgan fingerprint density at radius 2 is 1.80 bits per heavy atom. The van der Waals surface area contributed by atoms with Gasteiger partial charge < -0.3 is 9.30 Å². The predicted octanol–water partition coefficient (Wildman–Crippen LogP) is 3.53. The Bertz CT molecular complexity index is 1150. The molecule has 2 heterocycles. The number of carbonyl (C=O) groups excluding carboxylic acids is 1. The lowest BCUT2D eigenvalue weighted by Gasteiger charge is -2.10. The van der Waals surface area contributed by atoms with E-state index in [-0.39, 0.29) is 18.2 Å². The summed E-state index contributed by atoms with van der Waals surface area (Å²) in [5, 5.41) is 11.0. The van der Waals surface area contributed by atoms with Gasteiger partial charge in [-0.1, -0.05) is 12.1 Å². The average Bonchev–Trinajstić information content (AvgIpc) is 3.38. The number of Topliss-reactive ketones (excluding diaryl/α,β-unsaturated/α-hetero) is 1. The Hall–Kier alpha value is -3.81. The fourth-order valence-corrected chi connectivity index (χ4v) is 3.30. The van der Waals surface area contributed by atoms with Gasteiger partial charge in [0.15, 0.2) is 6.61 Å². The number of benzene rings is 2. The number of carbonyl (C=O) groups is 1. The molecule has 0 radical (unpaired) electrons. The van der Waals surface area contributed by atoms with Crippen LogP contribution in [0.1, 0.15) is 27.3 Å². The molecule has 0 bridgehead atoms. The fraction of sp³-hybridized carbons (Fsp3) is 0.182. The Morgan fingerprint density at radius 3 is 2.47 bits per heavy atom. The lowest BCUT2D eigenvalue weighted by molar-refractivity contribution is 0.0921. The highest BCUT2D eigenvalue weighted by molar-refractivity contribution is 5.98. The van der Waals surface area contributed by atoms with Crippen molar-refractivity contribution >= 4 is 5.78 Å². The minimum atomic E-state index is -0.265. The number of aryl methyl sites for hydroxylation is 1. The summed E-state index contributed by atoms with van der Waals surface area (Å²) in [6.45, 7) is 4.37. The molecule has 0 aliphatic carbocycles. The number of tetrazole rings is 1. The molecule has 0 spiro atoms. The number of ketones is 1. The maximum atomic E-state index is 13.1. The van der Waals surface area contributed by atoms with E-state index in [1.807, 2.05) is 36.6 Å². The van der Waals surface area contributed by atoms with Crippen LogP contribution >= 0.6 is 0 Å². The van der Waals surface area contributed by atoms with E-state index in [2.05, 4.69) is 15.5 Å². The van der Waals surface area contributed by atoms with Crippen LogP contribution in [0.4, 0.5) is 4.39 Å². The summed E-state index contributed by atoms with van der Waals surface area (Å²) in [6, 6.07) is 15.4. The van der Waals surface area contributed by atoms with E-state index in [1.165, 1.54) is 23.1 Å². The third-order valence-corrected chi connectivity index (χ3v) is 4.95. The first-order chi connectivity index (χ1) is 14.5. The summed E-state index contributed by atoms with van der Waals surface area (Å²) in [5.74, 6) is 0.219. The quantitative estimate of drug-likeness (QED) is 0.440. The van der Waals surface area contributed by atoms with Crippen LogP contribution in [-0.4, -0.2) is 37.2 Å². The van der Waals surface area contributed by atoms with E-state index in [9.17, 15) is 9.18 Å². The van der Waals surface area contributed by atoms with E-state index < -0.39 is 0 Å². The third-order valence-electron chi connectivity index (χ3n) is 4.95. The molecule has 0 atom stereocenters. The SMILES string of the molecule is Cc1cc(C(=O)COc2ccc(-n3cnnn3)cc2)c(C)n1Cc1ccc(F)cc1. The monoisotopic (exact) mass is 405 g/mol. The van der Waals surface area contributed by atoms with E-state index >= 15 is 0 Å². The fourth-order valence-electron chi connectivity index (χ4n) is 3.30. The van der Waals surface area contributed by atoms with E-state index in [1.54, 1.807) is 24.3 Å². The number of halogens is 1. The first-order valence-corrected chi connectivity index (χ1v) is 9.42. The summed E-state index contributed by atoms with van der Waals surface area (Å²) in [7, 11) is 0. The molecule has 0 saturated heterocycles. The number of ether oxygens (including phenoxy) is 1. The van der Waals surface area contributed by atoms with Crippen molar-refractivity contribution in [2.24, 2.45) is 0 Å². The first-order valence-electron chi connectivity index (χ1n) is 9.42. The van der Waals surface area contributed by atoms with Gasteiger partial charge in [0.05, 0.1) is 5.69 Å². The maximum absolute atomic E-state index is 13.1. The highest BCUT2D eigenvalue weighted by atomic mass is 19.1. The normalized spacial score (nSPS) is 10.9. The number of rotatable bonds is 7. The van der Waals surface area contributed by atoms with Crippen LogP contribution in [0.3, 0.4) is 0 Å². The second kappa shape index (κ2) is 8.28. The van der Waals surface area contributed by atoms with Crippen molar-refractivity contribution in [1.29, 1.82) is 0 Å². The van der Waals surface area contributed by atoms with Gasteiger partial charge in [-0.3, -0.25) is 4.79 Å². The number of aromatic nitrogens is 5. The van der Waals surface area contributed by atoms with Gasteiger partial charge in [-0.25, -0.2) is 9.07 Å². The highest BCUT2D eigenvalue weighted by Gasteiger charge is 2.16. The molecule has 0 N–H and O–H groups in total. The molecule has 0 saturated carbocycles. The van der Waals surface area contributed by atoms with Gasteiger partial charge in [0.2, 0.25) is 5.78 Å². The molecule has 0 amide bonds. The van der Waals surface area contributed by atoms with Crippen molar-refractivity contribution in [2.45, 2.75) is 20.4 Å². The lowest BCUT2D eigenvalue weighted by Crippen LogP contribution is -2.13. The summed E-state index contributed by atoms with van der Waals surface area (Å²) >= 11 is 0. The second-order valence-electron chi connectivity index (χ2n) is 6.96. The van der Waals surface area contributed by atoms with E-state index in [0.29, 0.717) is 17.9 Å². The summed E-state index contributed by atoms with van der Waals surface area (Å²) < 4.78 is 22.4. The molecule has 30 heavy (non-hydrogen) atoms. The molecule has 4 rings (SSSR count). The van der Waals surface area contributed by atoms with Gasteiger partial charge in [-0.15, -0.1) is 5.10 Å². The Kier molecular flexibility index (Phi) is 5.38. The molecule has 7 nitrogen and oxygen atoms in total. The molecule has 8 heteroatoms. The molecule has 152 valence electrons. The van der Waals surface area contributed by atoms with Crippen LogP contribution in [0.15, 0.2) is 60.9 Å². The van der Waals surface area contributed by atoms with Crippen molar-refractivity contribution in [1.82, 2.24) is 24.8 Å². The zero-order chi connectivity index (χ0) is 21.1. The molecule has 0 unspecified atom stereocenters. The van der Waals surface area contributed by atoms with Crippen molar-refractivity contribution in [3.05, 3.63) is 89.3 Å². The molecule has 0 aliphatic rings. The Morgan fingerprint density at radius 1 is 1.07 bits per heavy atom.